The van der Waals surface area contributed by atoms with Crippen LogP contribution in [0.1, 0.15) is 20.3 Å². The maximum Gasteiger partial charge on any atom is 0.0718 e. The Kier molecular flexibility index (Phi) is 2.52. The Morgan fingerprint density at radius 3 is 2.64 bits per heavy atom. The molecule has 0 aromatic carbocycles. The average Bonchev–Trinajstić information content (AvgIpc) is 2.10. The van der Waals surface area contributed by atoms with Crippen LogP contribution in [-0.2, 0) is 0 Å². The van der Waals surface area contributed by atoms with Gasteiger partial charge in [-0.25, -0.2) is 0 Å². The van der Waals surface area contributed by atoms with Gasteiger partial charge in [-0.2, -0.15) is 0 Å². The van der Waals surface area contributed by atoms with Gasteiger partial charge in [0, 0.05) is 19.1 Å². The van der Waals surface area contributed by atoms with Gasteiger partial charge in [0.25, 0.3) is 0 Å². The van der Waals surface area contributed by atoms with Crippen molar-refractivity contribution in [1.29, 1.82) is 0 Å². The summed E-state index contributed by atoms with van der Waals surface area (Å²) in [5.41, 5.74) is 5.14. The van der Waals surface area contributed by atoms with E-state index in [2.05, 4.69) is 4.90 Å². The summed E-state index contributed by atoms with van der Waals surface area (Å²) >= 11 is 0. The first kappa shape index (κ1) is 8.97. The molecule has 3 N–H and O–H groups in total. The van der Waals surface area contributed by atoms with Gasteiger partial charge < -0.3 is 10.8 Å². The van der Waals surface area contributed by atoms with Crippen molar-refractivity contribution in [3.8, 4) is 0 Å². The van der Waals surface area contributed by atoms with E-state index in [0.717, 1.165) is 26.1 Å². The highest BCUT2D eigenvalue weighted by atomic mass is 16.3. The van der Waals surface area contributed by atoms with Crippen molar-refractivity contribution in [2.45, 2.75) is 31.9 Å². The van der Waals surface area contributed by atoms with Crippen molar-refractivity contribution in [1.82, 2.24) is 4.90 Å². The minimum atomic E-state index is -0.579. The highest BCUT2D eigenvalue weighted by molar-refractivity contribution is 4.81. The molecule has 1 atom stereocenters. The molecule has 0 saturated carbocycles. The van der Waals surface area contributed by atoms with Crippen LogP contribution in [0.5, 0.6) is 0 Å². The van der Waals surface area contributed by atoms with Crippen molar-refractivity contribution in [3.63, 3.8) is 0 Å². The second-order valence-electron chi connectivity index (χ2n) is 4.10. The van der Waals surface area contributed by atoms with Gasteiger partial charge in [-0.1, -0.05) is 0 Å². The van der Waals surface area contributed by atoms with Crippen LogP contribution in [0.25, 0.3) is 0 Å². The summed E-state index contributed by atoms with van der Waals surface area (Å²) in [6, 6.07) is 0.317. The fourth-order valence-electron chi connectivity index (χ4n) is 1.55. The van der Waals surface area contributed by atoms with Gasteiger partial charge in [0.1, 0.15) is 0 Å². The van der Waals surface area contributed by atoms with Crippen LogP contribution in [0.4, 0.5) is 0 Å². The van der Waals surface area contributed by atoms with E-state index >= 15 is 0 Å². The van der Waals surface area contributed by atoms with Gasteiger partial charge >= 0.3 is 0 Å². The lowest BCUT2D eigenvalue weighted by atomic mass is 10.1. The molecule has 3 nitrogen and oxygen atoms in total. The molecule has 66 valence electrons. The molecule has 0 aliphatic carbocycles. The summed E-state index contributed by atoms with van der Waals surface area (Å²) in [4.78, 5) is 2.21. The van der Waals surface area contributed by atoms with E-state index in [1.807, 2.05) is 13.8 Å². The fraction of sp³-hybridized carbons (Fsp3) is 1.00. The molecule has 1 unspecified atom stereocenters. The molecule has 0 radical (unpaired) electrons. The first-order valence-electron chi connectivity index (χ1n) is 4.18. The lowest BCUT2D eigenvalue weighted by molar-refractivity contribution is 0.0436. The standard InChI is InChI=1S/C8H18N2O/c1-8(2,11)6-10-4-3-7(9)5-10/h7,11H,3-6,9H2,1-2H3. The molecular formula is C8H18N2O. The molecule has 0 aromatic heterocycles. The monoisotopic (exact) mass is 158 g/mol. The molecule has 0 amide bonds. The van der Waals surface area contributed by atoms with Gasteiger partial charge in [-0.15, -0.1) is 0 Å². The zero-order valence-corrected chi connectivity index (χ0v) is 7.38. The molecule has 3 heteroatoms. The van der Waals surface area contributed by atoms with E-state index in [0.29, 0.717) is 6.04 Å². The number of hydrogen-bond donors (Lipinski definition) is 2. The van der Waals surface area contributed by atoms with Gasteiger partial charge in [-0.05, 0) is 26.8 Å². The van der Waals surface area contributed by atoms with Gasteiger partial charge in [0.05, 0.1) is 5.60 Å². The Balaban J connectivity index is 2.29. The van der Waals surface area contributed by atoms with Crippen molar-refractivity contribution in [3.05, 3.63) is 0 Å². The van der Waals surface area contributed by atoms with Crippen molar-refractivity contribution < 1.29 is 5.11 Å². The van der Waals surface area contributed by atoms with E-state index in [-0.39, 0.29) is 0 Å². The molecular weight excluding hydrogens is 140 g/mol. The van der Waals surface area contributed by atoms with E-state index < -0.39 is 5.60 Å². The molecule has 0 bridgehead atoms. The SMILES string of the molecule is CC(C)(O)CN1CCC(N)C1. The largest absolute Gasteiger partial charge is 0.389 e. The highest BCUT2D eigenvalue weighted by Gasteiger charge is 2.24. The smallest absolute Gasteiger partial charge is 0.0718 e. The molecule has 1 aliphatic heterocycles. The van der Waals surface area contributed by atoms with Crippen molar-refractivity contribution in [2.75, 3.05) is 19.6 Å². The van der Waals surface area contributed by atoms with Crippen molar-refractivity contribution >= 4 is 0 Å². The highest BCUT2D eigenvalue weighted by Crippen LogP contribution is 2.11. The maximum atomic E-state index is 9.48. The van der Waals surface area contributed by atoms with Gasteiger partial charge in [0.15, 0.2) is 0 Å². The fourth-order valence-corrected chi connectivity index (χ4v) is 1.55. The number of nitrogens with zero attached hydrogens (tertiary/aromatic N) is 1. The zero-order valence-electron chi connectivity index (χ0n) is 7.38. The van der Waals surface area contributed by atoms with E-state index in [4.69, 9.17) is 5.73 Å². The summed E-state index contributed by atoms with van der Waals surface area (Å²) in [6.07, 6.45) is 1.07. The quantitative estimate of drug-likeness (QED) is 0.584. The molecule has 1 saturated heterocycles. The number of β-amino-alcohol motifs (C(OH)–C–C–N with tert-alkyl or cyclic N) is 1. The predicted octanol–water partition coefficient (Wildman–Crippen LogP) is -0.210. The summed E-state index contributed by atoms with van der Waals surface area (Å²) in [6.45, 7) is 6.36. The van der Waals surface area contributed by atoms with Crippen LogP contribution in [0.3, 0.4) is 0 Å². The van der Waals surface area contributed by atoms with Crippen LogP contribution in [0.15, 0.2) is 0 Å². The second kappa shape index (κ2) is 3.09. The summed E-state index contributed by atoms with van der Waals surface area (Å²) in [5.74, 6) is 0. The Hall–Kier alpha value is -0.120. The number of rotatable bonds is 2. The number of likely N-dealkylation sites (tertiary alicyclic amines) is 1. The zero-order chi connectivity index (χ0) is 8.48. The predicted molar refractivity (Wildman–Crippen MR) is 45.3 cm³/mol. The van der Waals surface area contributed by atoms with Crippen LogP contribution < -0.4 is 5.73 Å². The molecule has 1 rings (SSSR count). The summed E-state index contributed by atoms with van der Waals surface area (Å²) < 4.78 is 0. The number of hydrogen-bond acceptors (Lipinski definition) is 3. The van der Waals surface area contributed by atoms with Crippen LogP contribution in [0.2, 0.25) is 0 Å². The normalized spacial score (nSPS) is 27.8. The Bertz CT molecular complexity index is 131. The average molecular weight is 158 g/mol. The van der Waals surface area contributed by atoms with Crippen LogP contribution in [0, 0.1) is 0 Å². The Morgan fingerprint density at radius 1 is 1.64 bits per heavy atom. The number of nitrogens with two attached hydrogens (primary N) is 1. The summed E-state index contributed by atoms with van der Waals surface area (Å²) in [5, 5.41) is 9.48. The van der Waals surface area contributed by atoms with E-state index in [1.54, 1.807) is 0 Å². The molecule has 0 aromatic rings. The summed E-state index contributed by atoms with van der Waals surface area (Å²) in [7, 11) is 0. The van der Waals surface area contributed by atoms with Crippen LogP contribution in [-0.4, -0.2) is 41.3 Å². The third-order valence-electron chi connectivity index (χ3n) is 1.92. The van der Waals surface area contributed by atoms with Crippen LogP contribution >= 0.6 is 0 Å². The molecule has 1 fully saturated rings. The van der Waals surface area contributed by atoms with E-state index in [1.165, 1.54) is 0 Å². The molecule has 1 aliphatic rings. The lowest BCUT2D eigenvalue weighted by Gasteiger charge is -2.24. The Morgan fingerprint density at radius 2 is 2.27 bits per heavy atom. The topological polar surface area (TPSA) is 49.5 Å². The van der Waals surface area contributed by atoms with Gasteiger partial charge in [0.2, 0.25) is 0 Å². The molecule has 1 heterocycles. The van der Waals surface area contributed by atoms with E-state index in [9.17, 15) is 5.11 Å². The van der Waals surface area contributed by atoms with Crippen molar-refractivity contribution in [2.24, 2.45) is 5.73 Å². The Labute approximate surface area is 68.2 Å². The molecule has 11 heavy (non-hydrogen) atoms. The minimum Gasteiger partial charge on any atom is -0.389 e. The maximum absolute atomic E-state index is 9.48. The minimum absolute atomic E-state index is 0.317. The molecule has 0 spiro atoms. The van der Waals surface area contributed by atoms with Gasteiger partial charge in [-0.3, -0.25) is 4.90 Å². The lowest BCUT2D eigenvalue weighted by Crippen LogP contribution is -2.38. The first-order chi connectivity index (χ1) is 4.97. The third kappa shape index (κ3) is 3.18. The third-order valence-corrected chi connectivity index (χ3v) is 1.92. The number of aliphatic hydroxyl groups is 1. The first-order valence-corrected chi connectivity index (χ1v) is 4.18. The second-order valence-corrected chi connectivity index (χ2v) is 4.10.